The van der Waals surface area contributed by atoms with Crippen LogP contribution in [0.2, 0.25) is 5.02 Å². The predicted octanol–water partition coefficient (Wildman–Crippen LogP) is 6.41. The molecule has 1 heterocycles. The second-order valence-corrected chi connectivity index (χ2v) is 8.73. The number of alkyl halides is 5. The highest BCUT2D eigenvalue weighted by Crippen LogP contribution is 2.46. The van der Waals surface area contributed by atoms with Gasteiger partial charge in [0.15, 0.2) is 5.75 Å². The summed E-state index contributed by atoms with van der Waals surface area (Å²) in [6.45, 7) is -0.887. The summed E-state index contributed by atoms with van der Waals surface area (Å²) in [6, 6.07) is 4.41. The Morgan fingerprint density at radius 1 is 1.08 bits per heavy atom. The Bertz CT molecular complexity index is 1460. The Morgan fingerprint density at radius 3 is 2.44 bits per heavy atom. The molecule has 2 amide bonds. The number of fused-ring (bicyclic) bond motifs is 1. The Morgan fingerprint density at radius 2 is 1.79 bits per heavy atom. The number of rotatable bonds is 7. The molecule has 206 valence electrons. The van der Waals surface area contributed by atoms with Crippen molar-refractivity contribution in [1.82, 2.24) is 5.32 Å². The summed E-state index contributed by atoms with van der Waals surface area (Å²) in [6.07, 6.45) is -7.79. The van der Waals surface area contributed by atoms with Gasteiger partial charge in [0.25, 0.3) is 18.2 Å². The van der Waals surface area contributed by atoms with Crippen LogP contribution >= 0.6 is 11.6 Å². The van der Waals surface area contributed by atoms with Gasteiger partial charge >= 0.3 is 6.18 Å². The van der Waals surface area contributed by atoms with Gasteiger partial charge in [0.1, 0.15) is 11.6 Å². The number of carbonyl (C=O) groups is 2. The van der Waals surface area contributed by atoms with Crippen LogP contribution in [0, 0.1) is 11.6 Å². The molecule has 0 bridgehead atoms. The number of halogens is 8. The highest BCUT2D eigenvalue weighted by Gasteiger charge is 2.39. The largest absolute Gasteiger partial charge is 0.494 e. The van der Waals surface area contributed by atoms with Crippen LogP contribution in [-0.4, -0.2) is 31.9 Å². The minimum atomic E-state index is -4.96. The lowest BCUT2D eigenvalue weighted by Gasteiger charge is -2.21. The molecule has 0 fully saturated rings. The second kappa shape index (κ2) is 10.6. The van der Waals surface area contributed by atoms with E-state index in [1.54, 1.807) is 0 Å². The molecule has 0 aromatic heterocycles. The average Bonchev–Trinajstić information content (AvgIpc) is 3.20. The first kappa shape index (κ1) is 28.0. The molecule has 0 saturated carbocycles. The van der Waals surface area contributed by atoms with Crippen molar-refractivity contribution in [3.8, 4) is 5.75 Å². The molecule has 14 heteroatoms. The summed E-state index contributed by atoms with van der Waals surface area (Å²) in [5.74, 6) is -4.26. The number of hydrogen-bond acceptors (Lipinski definition) is 4. The lowest BCUT2D eigenvalue weighted by atomic mass is 9.94. The van der Waals surface area contributed by atoms with Crippen molar-refractivity contribution in [3.63, 3.8) is 0 Å². The second-order valence-electron chi connectivity index (χ2n) is 8.32. The van der Waals surface area contributed by atoms with Gasteiger partial charge < -0.3 is 20.7 Å². The molecular weight excluding hydrogens is 559 g/mol. The normalized spacial score (nSPS) is 14.7. The third kappa shape index (κ3) is 5.72. The van der Waals surface area contributed by atoms with E-state index in [-0.39, 0.29) is 44.9 Å². The van der Waals surface area contributed by atoms with E-state index in [9.17, 15) is 40.3 Å². The van der Waals surface area contributed by atoms with Crippen LogP contribution in [0.25, 0.3) is 0 Å². The van der Waals surface area contributed by atoms with Gasteiger partial charge in [-0.1, -0.05) is 11.6 Å². The van der Waals surface area contributed by atoms with Gasteiger partial charge in [-0.2, -0.15) is 13.2 Å². The maximum Gasteiger partial charge on any atom is 0.416 e. The molecule has 0 aliphatic carbocycles. The number of benzene rings is 3. The minimum Gasteiger partial charge on any atom is -0.494 e. The number of anilines is 2. The Balaban J connectivity index is 1.89. The SMILES string of the molecule is COc1c(NCC(F)F)cc(NC(=O)c2cc(F)cc(C(F)(F)F)c2)c2c1C(=O)NC2c1cc(F)ccc1Cl. The Hall–Kier alpha value is -4.00. The molecule has 1 atom stereocenters. The number of hydrogen-bond donors (Lipinski definition) is 3. The zero-order chi connectivity index (χ0) is 28.6. The van der Waals surface area contributed by atoms with Gasteiger partial charge in [0, 0.05) is 27.4 Å². The summed E-state index contributed by atoms with van der Waals surface area (Å²) in [4.78, 5) is 26.0. The first-order valence-corrected chi connectivity index (χ1v) is 11.4. The number of amides is 2. The van der Waals surface area contributed by atoms with E-state index >= 15 is 0 Å². The number of methoxy groups -OCH3 is 1. The monoisotopic (exact) mass is 575 g/mol. The van der Waals surface area contributed by atoms with Crippen LogP contribution in [0.5, 0.6) is 5.75 Å². The molecule has 3 aromatic rings. The van der Waals surface area contributed by atoms with E-state index in [2.05, 4.69) is 16.0 Å². The van der Waals surface area contributed by atoms with Crippen LogP contribution in [0.4, 0.5) is 42.1 Å². The van der Waals surface area contributed by atoms with Crippen LogP contribution in [0.3, 0.4) is 0 Å². The molecule has 1 unspecified atom stereocenters. The third-order valence-corrected chi connectivity index (χ3v) is 6.11. The van der Waals surface area contributed by atoms with E-state index in [1.807, 2.05) is 0 Å². The molecule has 3 aromatic carbocycles. The minimum absolute atomic E-state index is 0.0191. The molecule has 3 N–H and O–H groups in total. The van der Waals surface area contributed by atoms with Gasteiger partial charge in [0.2, 0.25) is 0 Å². The van der Waals surface area contributed by atoms with Gasteiger partial charge in [-0.05, 0) is 42.5 Å². The van der Waals surface area contributed by atoms with Gasteiger partial charge in [-0.25, -0.2) is 17.6 Å². The maximum atomic E-state index is 14.1. The van der Waals surface area contributed by atoms with Crippen LogP contribution < -0.4 is 20.7 Å². The van der Waals surface area contributed by atoms with Crippen molar-refractivity contribution in [2.45, 2.75) is 18.6 Å². The average molecular weight is 576 g/mol. The standard InChI is InChI=1S/C25H17ClF7N3O3/c1-39-22-17(34-9-18(29)30)8-16(35-23(37)10-4-11(25(31,32)33)6-13(28)5-10)19-20(22)24(38)36-21(19)14-7-12(27)2-3-15(14)26/h2-8,18,21,34H,9H2,1H3,(H,35,37)(H,36,38). The zero-order valence-corrected chi connectivity index (χ0v) is 20.4. The van der Waals surface area contributed by atoms with Crippen LogP contribution in [0.15, 0.2) is 42.5 Å². The molecule has 6 nitrogen and oxygen atoms in total. The van der Waals surface area contributed by atoms with E-state index < -0.39 is 59.8 Å². The van der Waals surface area contributed by atoms with Crippen molar-refractivity contribution in [3.05, 3.63) is 86.9 Å². The molecule has 39 heavy (non-hydrogen) atoms. The fourth-order valence-electron chi connectivity index (χ4n) is 4.16. The Labute approximate surface area is 221 Å². The lowest BCUT2D eigenvalue weighted by Crippen LogP contribution is -2.21. The zero-order valence-electron chi connectivity index (χ0n) is 19.7. The van der Waals surface area contributed by atoms with E-state index in [1.165, 1.54) is 6.07 Å². The fraction of sp³-hybridized carbons (Fsp3) is 0.200. The molecule has 0 saturated heterocycles. The quantitative estimate of drug-likeness (QED) is 0.285. The molecule has 4 rings (SSSR count). The van der Waals surface area contributed by atoms with Crippen LogP contribution in [-0.2, 0) is 6.18 Å². The van der Waals surface area contributed by atoms with Crippen molar-refractivity contribution >= 4 is 34.8 Å². The first-order chi connectivity index (χ1) is 18.3. The molecule has 0 spiro atoms. The van der Waals surface area contributed by atoms with E-state index in [0.717, 1.165) is 25.3 Å². The molecule has 0 radical (unpaired) electrons. The number of ether oxygens (including phenoxy) is 1. The smallest absolute Gasteiger partial charge is 0.416 e. The highest BCUT2D eigenvalue weighted by atomic mass is 35.5. The summed E-state index contributed by atoms with van der Waals surface area (Å²) in [5, 5.41) is 7.27. The molecule has 1 aliphatic rings. The highest BCUT2D eigenvalue weighted by molar-refractivity contribution is 6.31. The van der Waals surface area contributed by atoms with Gasteiger partial charge in [0.05, 0.1) is 36.5 Å². The topological polar surface area (TPSA) is 79.5 Å². The van der Waals surface area contributed by atoms with E-state index in [4.69, 9.17) is 16.3 Å². The Kier molecular flexibility index (Phi) is 7.64. The summed E-state index contributed by atoms with van der Waals surface area (Å²) in [7, 11) is 1.16. The number of nitrogens with one attached hydrogen (secondary N) is 3. The van der Waals surface area contributed by atoms with Crippen molar-refractivity contribution < 1.29 is 45.1 Å². The summed E-state index contributed by atoms with van der Waals surface area (Å²) >= 11 is 6.23. The molecular formula is C25H17ClF7N3O3. The van der Waals surface area contributed by atoms with Gasteiger partial charge in [-0.3, -0.25) is 9.59 Å². The third-order valence-electron chi connectivity index (χ3n) is 5.77. The predicted molar refractivity (Wildman–Crippen MR) is 128 cm³/mol. The number of carbonyl (C=O) groups excluding carboxylic acids is 2. The summed E-state index contributed by atoms with van der Waals surface area (Å²) < 4.78 is 98.8. The fourth-order valence-corrected chi connectivity index (χ4v) is 4.39. The summed E-state index contributed by atoms with van der Waals surface area (Å²) in [5.41, 5.74) is -2.75. The van der Waals surface area contributed by atoms with Gasteiger partial charge in [-0.15, -0.1) is 0 Å². The maximum absolute atomic E-state index is 14.1. The van der Waals surface area contributed by atoms with Crippen molar-refractivity contribution in [1.29, 1.82) is 0 Å². The lowest BCUT2D eigenvalue weighted by molar-refractivity contribution is -0.137. The van der Waals surface area contributed by atoms with Crippen LogP contribution in [0.1, 0.15) is 43.4 Å². The van der Waals surface area contributed by atoms with Crippen molar-refractivity contribution in [2.75, 3.05) is 24.3 Å². The van der Waals surface area contributed by atoms with Crippen molar-refractivity contribution in [2.24, 2.45) is 0 Å². The molecule has 1 aliphatic heterocycles. The van der Waals surface area contributed by atoms with E-state index in [0.29, 0.717) is 12.1 Å². The first-order valence-electron chi connectivity index (χ1n) is 11.0.